The number of ketones is 1. The molecule has 0 heterocycles. The van der Waals surface area contributed by atoms with E-state index in [1.165, 1.54) is 0 Å². The molecule has 0 fully saturated rings. The van der Waals surface area contributed by atoms with E-state index < -0.39 is 17.7 Å². The number of hydrogen-bond acceptors (Lipinski definition) is 3. The summed E-state index contributed by atoms with van der Waals surface area (Å²) in [6.07, 6.45) is 1.36. The van der Waals surface area contributed by atoms with E-state index in [0.29, 0.717) is 12.8 Å². The lowest BCUT2D eigenvalue weighted by atomic mass is 10.1. The molecule has 0 saturated heterocycles. The van der Waals surface area contributed by atoms with Crippen molar-refractivity contribution in [2.45, 2.75) is 65.5 Å². The van der Waals surface area contributed by atoms with Crippen molar-refractivity contribution in [2.24, 2.45) is 0 Å². The van der Waals surface area contributed by atoms with Crippen LogP contribution in [0.3, 0.4) is 0 Å². The zero-order chi connectivity index (χ0) is 12.8. The van der Waals surface area contributed by atoms with Crippen molar-refractivity contribution in [3.63, 3.8) is 0 Å². The maximum absolute atomic E-state index is 11.6. The number of hydrogen-bond donors (Lipinski definition) is 1. The number of rotatable bonds is 5. The Bertz CT molecular complexity index is 243. The van der Waals surface area contributed by atoms with Gasteiger partial charge in [0.15, 0.2) is 5.78 Å². The van der Waals surface area contributed by atoms with Crippen LogP contribution in [0.4, 0.5) is 4.79 Å². The third kappa shape index (κ3) is 6.43. The number of ether oxygens (including phenoxy) is 1. The molecule has 0 aliphatic heterocycles. The summed E-state index contributed by atoms with van der Waals surface area (Å²) in [6, 6.07) is -0.421. The zero-order valence-electron chi connectivity index (χ0n) is 10.9. The quantitative estimate of drug-likeness (QED) is 0.788. The minimum Gasteiger partial charge on any atom is -0.444 e. The Balaban J connectivity index is 4.22. The van der Waals surface area contributed by atoms with Crippen molar-refractivity contribution >= 4 is 11.9 Å². The van der Waals surface area contributed by atoms with Crippen LogP contribution in [0.1, 0.15) is 53.9 Å². The average Bonchev–Trinajstić information content (AvgIpc) is 2.11. The Morgan fingerprint density at radius 2 is 1.81 bits per heavy atom. The molecular formula is C12H23NO3. The smallest absolute Gasteiger partial charge is 0.408 e. The van der Waals surface area contributed by atoms with Crippen LogP contribution >= 0.6 is 0 Å². The van der Waals surface area contributed by atoms with E-state index >= 15 is 0 Å². The Morgan fingerprint density at radius 3 is 2.19 bits per heavy atom. The summed E-state index contributed by atoms with van der Waals surface area (Å²) >= 11 is 0. The highest BCUT2D eigenvalue weighted by molar-refractivity contribution is 5.87. The highest BCUT2D eigenvalue weighted by Crippen LogP contribution is 2.08. The van der Waals surface area contributed by atoms with Gasteiger partial charge in [0.1, 0.15) is 5.60 Å². The minimum absolute atomic E-state index is 0.0656. The van der Waals surface area contributed by atoms with Gasteiger partial charge in [-0.1, -0.05) is 13.8 Å². The maximum Gasteiger partial charge on any atom is 0.408 e. The fourth-order valence-corrected chi connectivity index (χ4v) is 1.28. The molecule has 0 aromatic rings. The van der Waals surface area contributed by atoms with Crippen LogP contribution in [0.25, 0.3) is 0 Å². The van der Waals surface area contributed by atoms with Crippen LogP contribution in [0.2, 0.25) is 0 Å². The summed E-state index contributed by atoms with van der Waals surface area (Å²) in [5.41, 5.74) is -0.532. The Hall–Kier alpha value is -1.06. The SMILES string of the molecule is CCCC(=O)C(CC)NC(=O)OC(C)(C)C. The number of alkyl carbamates (subject to hydrolysis) is 1. The Kier molecular flexibility index (Phi) is 6.08. The maximum atomic E-state index is 11.6. The van der Waals surface area contributed by atoms with Gasteiger partial charge >= 0.3 is 6.09 Å². The van der Waals surface area contributed by atoms with Gasteiger partial charge in [-0.25, -0.2) is 4.79 Å². The Labute approximate surface area is 97.7 Å². The molecule has 0 bridgehead atoms. The van der Waals surface area contributed by atoms with Crippen LogP contribution in [0.5, 0.6) is 0 Å². The van der Waals surface area contributed by atoms with E-state index in [1.54, 1.807) is 20.8 Å². The van der Waals surface area contributed by atoms with Gasteiger partial charge in [-0.2, -0.15) is 0 Å². The van der Waals surface area contributed by atoms with E-state index in [4.69, 9.17) is 4.74 Å². The van der Waals surface area contributed by atoms with Crippen molar-refractivity contribution in [2.75, 3.05) is 0 Å². The standard InChI is InChI=1S/C12H23NO3/c1-6-8-10(14)9(7-2)13-11(15)16-12(3,4)5/h9H,6-8H2,1-5H3,(H,13,15). The van der Waals surface area contributed by atoms with Crippen molar-refractivity contribution < 1.29 is 14.3 Å². The van der Waals surface area contributed by atoms with E-state index in [-0.39, 0.29) is 5.78 Å². The number of Topliss-reactive ketones (excluding diaryl/α,β-unsaturated/α-hetero) is 1. The van der Waals surface area contributed by atoms with Crippen LogP contribution in [0, 0.1) is 0 Å². The number of nitrogens with one attached hydrogen (secondary N) is 1. The predicted octanol–water partition coefficient (Wildman–Crippen LogP) is 2.66. The van der Waals surface area contributed by atoms with Crippen molar-refractivity contribution in [3.8, 4) is 0 Å². The van der Waals surface area contributed by atoms with Crippen molar-refractivity contribution in [1.29, 1.82) is 0 Å². The molecule has 1 atom stereocenters. The molecule has 0 spiro atoms. The van der Waals surface area contributed by atoms with Crippen molar-refractivity contribution in [3.05, 3.63) is 0 Å². The normalized spacial score (nSPS) is 13.1. The molecule has 16 heavy (non-hydrogen) atoms. The molecule has 4 nitrogen and oxygen atoms in total. The molecule has 0 rings (SSSR count). The van der Waals surface area contributed by atoms with E-state index in [9.17, 15) is 9.59 Å². The average molecular weight is 229 g/mol. The first-order valence-electron chi connectivity index (χ1n) is 5.82. The first-order chi connectivity index (χ1) is 7.30. The third-order valence-corrected chi connectivity index (χ3v) is 1.98. The summed E-state index contributed by atoms with van der Waals surface area (Å²) in [5, 5.41) is 2.60. The second-order valence-corrected chi connectivity index (χ2v) is 4.82. The van der Waals surface area contributed by atoms with E-state index in [2.05, 4.69) is 5.32 Å². The molecule has 0 radical (unpaired) electrons. The molecule has 0 saturated carbocycles. The highest BCUT2D eigenvalue weighted by atomic mass is 16.6. The lowest BCUT2D eigenvalue weighted by molar-refractivity contribution is -0.121. The number of carbonyl (C=O) groups is 2. The second-order valence-electron chi connectivity index (χ2n) is 4.82. The van der Waals surface area contributed by atoms with Crippen LogP contribution < -0.4 is 5.32 Å². The van der Waals surface area contributed by atoms with Crippen LogP contribution in [0.15, 0.2) is 0 Å². The fourth-order valence-electron chi connectivity index (χ4n) is 1.28. The van der Waals surface area contributed by atoms with E-state index in [1.807, 2.05) is 13.8 Å². The molecule has 1 unspecified atom stereocenters. The molecular weight excluding hydrogens is 206 g/mol. The minimum atomic E-state index is -0.532. The first-order valence-corrected chi connectivity index (χ1v) is 5.82. The van der Waals surface area contributed by atoms with Gasteiger partial charge in [0.25, 0.3) is 0 Å². The molecule has 1 amide bonds. The molecule has 1 N–H and O–H groups in total. The molecule has 94 valence electrons. The first kappa shape index (κ1) is 14.9. The lowest BCUT2D eigenvalue weighted by Gasteiger charge is -2.22. The van der Waals surface area contributed by atoms with Gasteiger partial charge < -0.3 is 10.1 Å². The van der Waals surface area contributed by atoms with Crippen LogP contribution in [-0.2, 0) is 9.53 Å². The van der Waals surface area contributed by atoms with Gasteiger partial charge in [0.05, 0.1) is 6.04 Å². The number of carbonyl (C=O) groups excluding carboxylic acids is 2. The lowest BCUT2D eigenvalue weighted by Crippen LogP contribution is -2.43. The second kappa shape index (κ2) is 6.51. The van der Waals surface area contributed by atoms with Crippen molar-refractivity contribution in [1.82, 2.24) is 5.32 Å². The summed E-state index contributed by atoms with van der Waals surface area (Å²) in [7, 11) is 0. The summed E-state index contributed by atoms with van der Waals surface area (Å²) < 4.78 is 5.10. The molecule has 0 aromatic heterocycles. The highest BCUT2D eigenvalue weighted by Gasteiger charge is 2.22. The van der Waals surface area contributed by atoms with Gasteiger partial charge in [-0.15, -0.1) is 0 Å². The van der Waals surface area contributed by atoms with Gasteiger partial charge in [0, 0.05) is 6.42 Å². The fraction of sp³-hybridized carbons (Fsp3) is 0.833. The predicted molar refractivity (Wildman–Crippen MR) is 63.4 cm³/mol. The summed E-state index contributed by atoms with van der Waals surface area (Å²) in [6.45, 7) is 9.19. The molecule has 0 aromatic carbocycles. The summed E-state index contributed by atoms with van der Waals surface area (Å²) in [5.74, 6) is 0.0656. The zero-order valence-corrected chi connectivity index (χ0v) is 10.9. The van der Waals surface area contributed by atoms with Gasteiger partial charge in [-0.05, 0) is 33.6 Å². The van der Waals surface area contributed by atoms with Crippen LogP contribution in [-0.4, -0.2) is 23.5 Å². The monoisotopic (exact) mass is 229 g/mol. The number of amides is 1. The largest absolute Gasteiger partial charge is 0.444 e. The molecule has 4 heteroatoms. The molecule has 0 aliphatic carbocycles. The topological polar surface area (TPSA) is 55.4 Å². The summed E-state index contributed by atoms with van der Waals surface area (Å²) in [4.78, 5) is 23.1. The molecule has 0 aliphatic rings. The van der Waals surface area contributed by atoms with Gasteiger partial charge in [0.2, 0.25) is 0 Å². The van der Waals surface area contributed by atoms with Gasteiger partial charge in [-0.3, -0.25) is 4.79 Å². The third-order valence-electron chi connectivity index (χ3n) is 1.98. The van der Waals surface area contributed by atoms with E-state index in [0.717, 1.165) is 6.42 Å². The Morgan fingerprint density at radius 1 is 1.25 bits per heavy atom.